The Morgan fingerprint density at radius 1 is 1.13 bits per heavy atom. The molecule has 1 aliphatic carbocycles. The Morgan fingerprint density at radius 2 is 1.82 bits per heavy atom. The highest BCUT2D eigenvalue weighted by molar-refractivity contribution is 6.41. The molecule has 2 aromatic heterocycles. The number of halogens is 2. The molecule has 1 aliphatic heterocycles. The van der Waals surface area contributed by atoms with E-state index in [2.05, 4.69) is 34.4 Å². The Balaban J connectivity index is 1.56. The topological polar surface area (TPSA) is 107 Å². The van der Waals surface area contributed by atoms with Crippen molar-refractivity contribution in [3.8, 4) is 22.8 Å². The quantitative estimate of drug-likeness (QED) is 0.281. The molecular formula is C28H31Cl2N5O4. The van der Waals surface area contributed by atoms with Crippen LogP contribution in [0.15, 0.2) is 37.1 Å². The van der Waals surface area contributed by atoms with Crippen molar-refractivity contribution < 1.29 is 19.0 Å². The number of methoxy groups -OCH3 is 2. The van der Waals surface area contributed by atoms with Gasteiger partial charge in [-0.3, -0.25) is 4.79 Å². The summed E-state index contributed by atoms with van der Waals surface area (Å²) in [6.07, 6.45) is 5.40. The first-order chi connectivity index (χ1) is 18.8. The average molecular weight is 572 g/mol. The van der Waals surface area contributed by atoms with E-state index in [1.165, 1.54) is 33.1 Å². The average Bonchev–Trinajstić information content (AvgIpc) is 3.70. The maximum atomic E-state index is 11.8. The van der Waals surface area contributed by atoms with Crippen molar-refractivity contribution in [3.63, 3.8) is 0 Å². The van der Waals surface area contributed by atoms with Crippen LogP contribution >= 0.6 is 23.2 Å². The first-order valence-corrected chi connectivity index (χ1v) is 13.5. The summed E-state index contributed by atoms with van der Waals surface area (Å²) in [6, 6.07) is 5.39. The summed E-state index contributed by atoms with van der Waals surface area (Å²) >= 11 is 13.5. The zero-order chi connectivity index (χ0) is 27.7. The number of pyridine rings is 2. The summed E-state index contributed by atoms with van der Waals surface area (Å²) in [7, 11) is 3.08. The van der Waals surface area contributed by atoms with Crippen molar-refractivity contribution >= 4 is 51.5 Å². The van der Waals surface area contributed by atoms with Crippen LogP contribution in [0.4, 0.5) is 11.6 Å². The van der Waals surface area contributed by atoms with Crippen molar-refractivity contribution in [3.05, 3.63) is 47.1 Å². The van der Waals surface area contributed by atoms with E-state index in [1.807, 2.05) is 12.1 Å². The van der Waals surface area contributed by atoms with Gasteiger partial charge < -0.3 is 30.2 Å². The Bertz CT molecular complexity index is 1390. The number of hydrogen-bond donors (Lipinski definition) is 3. The number of carbonyl (C=O) groups excluding carboxylic acids is 1. The van der Waals surface area contributed by atoms with E-state index in [1.54, 1.807) is 12.3 Å². The SMILES string of the molecule is C=CC(=O)N[C@H]1COC[C@H]1Nc1cc2c(N[C@@H](C)C3CC3)nc(-c3c(Cl)c(OC)cc(OC)c3Cl)cc2cn1. The molecule has 1 saturated carbocycles. The Kier molecular flexibility index (Phi) is 8.02. The van der Waals surface area contributed by atoms with Gasteiger partial charge in [-0.05, 0) is 43.9 Å². The molecule has 0 unspecified atom stereocenters. The molecule has 0 spiro atoms. The van der Waals surface area contributed by atoms with E-state index in [0.29, 0.717) is 63.6 Å². The molecule has 3 N–H and O–H groups in total. The van der Waals surface area contributed by atoms with Gasteiger partial charge in [0, 0.05) is 34.6 Å². The van der Waals surface area contributed by atoms with Gasteiger partial charge >= 0.3 is 0 Å². The fourth-order valence-electron chi connectivity index (χ4n) is 4.77. The van der Waals surface area contributed by atoms with Crippen LogP contribution in [0.2, 0.25) is 10.0 Å². The molecule has 11 heteroatoms. The van der Waals surface area contributed by atoms with Crippen molar-refractivity contribution in [2.75, 3.05) is 38.1 Å². The maximum absolute atomic E-state index is 11.8. The smallest absolute Gasteiger partial charge is 0.243 e. The third-order valence-electron chi connectivity index (χ3n) is 7.16. The fourth-order valence-corrected chi connectivity index (χ4v) is 5.47. The van der Waals surface area contributed by atoms with Crippen molar-refractivity contribution in [2.24, 2.45) is 5.92 Å². The monoisotopic (exact) mass is 571 g/mol. The van der Waals surface area contributed by atoms with Gasteiger partial charge in [-0.1, -0.05) is 29.8 Å². The zero-order valence-corrected chi connectivity index (χ0v) is 23.5. The molecule has 3 atom stereocenters. The summed E-state index contributed by atoms with van der Waals surface area (Å²) in [5.74, 6) is 2.56. The number of hydrogen-bond acceptors (Lipinski definition) is 8. The van der Waals surface area contributed by atoms with Gasteiger partial charge in [-0.25, -0.2) is 9.97 Å². The predicted octanol–water partition coefficient (Wildman–Crippen LogP) is 5.31. The highest BCUT2D eigenvalue weighted by Crippen LogP contribution is 2.46. The lowest BCUT2D eigenvalue weighted by Crippen LogP contribution is -2.45. The third-order valence-corrected chi connectivity index (χ3v) is 7.92. The lowest BCUT2D eigenvalue weighted by Gasteiger charge is -2.21. The van der Waals surface area contributed by atoms with Crippen LogP contribution in [-0.4, -0.2) is 61.4 Å². The molecule has 5 rings (SSSR count). The van der Waals surface area contributed by atoms with Crippen LogP contribution in [0.1, 0.15) is 19.8 Å². The van der Waals surface area contributed by atoms with E-state index in [4.69, 9.17) is 42.4 Å². The molecule has 2 aliphatic rings. The van der Waals surface area contributed by atoms with E-state index in [0.717, 1.165) is 10.8 Å². The van der Waals surface area contributed by atoms with Gasteiger partial charge in [0.05, 0.1) is 55.3 Å². The predicted molar refractivity (Wildman–Crippen MR) is 154 cm³/mol. The summed E-state index contributed by atoms with van der Waals surface area (Å²) in [4.78, 5) is 21.5. The van der Waals surface area contributed by atoms with Crippen molar-refractivity contribution in [1.29, 1.82) is 0 Å². The minimum Gasteiger partial charge on any atom is -0.495 e. The molecule has 0 bridgehead atoms. The van der Waals surface area contributed by atoms with Crippen LogP contribution in [0.25, 0.3) is 22.0 Å². The van der Waals surface area contributed by atoms with Crippen molar-refractivity contribution in [1.82, 2.24) is 15.3 Å². The molecule has 0 radical (unpaired) electrons. The summed E-state index contributed by atoms with van der Waals surface area (Å²) in [5.41, 5.74) is 1.09. The van der Waals surface area contributed by atoms with Gasteiger partial charge in [-0.15, -0.1) is 0 Å². The third kappa shape index (κ3) is 5.71. The van der Waals surface area contributed by atoms with E-state index >= 15 is 0 Å². The van der Waals surface area contributed by atoms with Gasteiger partial charge in [0.1, 0.15) is 23.1 Å². The lowest BCUT2D eigenvalue weighted by molar-refractivity contribution is -0.117. The van der Waals surface area contributed by atoms with Gasteiger partial charge in [-0.2, -0.15) is 0 Å². The van der Waals surface area contributed by atoms with Gasteiger partial charge in [0.25, 0.3) is 0 Å². The number of carbonyl (C=O) groups is 1. The maximum Gasteiger partial charge on any atom is 0.243 e. The van der Waals surface area contributed by atoms with Gasteiger partial charge in [0.2, 0.25) is 5.91 Å². The highest BCUT2D eigenvalue weighted by Gasteiger charge is 2.31. The van der Waals surface area contributed by atoms with Crippen LogP contribution in [-0.2, 0) is 9.53 Å². The highest BCUT2D eigenvalue weighted by atomic mass is 35.5. The number of nitrogens with one attached hydrogen (secondary N) is 3. The van der Waals surface area contributed by atoms with Gasteiger partial charge in [0.15, 0.2) is 0 Å². The molecule has 1 amide bonds. The van der Waals surface area contributed by atoms with Crippen LogP contribution in [0.5, 0.6) is 11.5 Å². The standard InChI is InChI=1S/C28H31Cl2N5O4/c1-5-24(36)34-20-13-39-12-19(20)33-23-9-17-16(11-31-23)8-18(35-28(17)32-14(2)15-6-7-15)25-26(29)21(37-3)10-22(38-4)27(25)30/h5,8-11,14-15,19-20H,1,6-7,12-13H2,2-4H3,(H,31,33)(H,32,35)(H,34,36)/t14-,19+,20-/m0/s1. The fraction of sp³-hybridized carbons (Fsp3) is 0.393. The first kappa shape index (κ1) is 27.3. The molecule has 9 nitrogen and oxygen atoms in total. The van der Waals surface area contributed by atoms with E-state index in [-0.39, 0.29) is 24.0 Å². The largest absolute Gasteiger partial charge is 0.495 e. The first-order valence-electron chi connectivity index (χ1n) is 12.8. The van der Waals surface area contributed by atoms with Crippen LogP contribution < -0.4 is 25.4 Å². The van der Waals surface area contributed by atoms with E-state index in [9.17, 15) is 4.79 Å². The number of nitrogens with zero attached hydrogens (tertiary/aromatic N) is 2. The minimum absolute atomic E-state index is 0.144. The Hall–Kier alpha value is -3.27. The number of aromatic nitrogens is 2. The Labute approximate surface area is 237 Å². The minimum atomic E-state index is -0.243. The second kappa shape index (κ2) is 11.5. The second-order valence-corrected chi connectivity index (χ2v) is 10.6. The zero-order valence-electron chi connectivity index (χ0n) is 22.0. The molecule has 1 aromatic carbocycles. The van der Waals surface area contributed by atoms with E-state index < -0.39 is 0 Å². The summed E-state index contributed by atoms with van der Waals surface area (Å²) in [5, 5.41) is 12.3. The molecule has 2 fully saturated rings. The molecule has 3 aromatic rings. The van der Waals surface area contributed by atoms with Crippen LogP contribution in [0, 0.1) is 5.92 Å². The number of benzene rings is 1. The molecular weight excluding hydrogens is 541 g/mol. The summed E-state index contributed by atoms with van der Waals surface area (Å²) < 4.78 is 16.5. The number of amides is 1. The lowest BCUT2D eigenvalue weighted by atomic mass is 10.1. The normalized spacial score (nSPS) is 19.4. The molecule has 3 heterocycles. The van der Waals surface area contributed by atoms with Crippen LogP contribution in [0.3, 0.4) is 0 Å². The number of anilines is 2. The summed E-state index contributed by atoms with van der Waals surface area (Å²) in [6.45, 7) is 6.54. The van der Waals surface area contributed by atoms with Crippen molar-refractivity contribution in [2.45, 2.75) is 37.9 Å². The number of rotatable bonds is 10. The number of fused-ring (bicyclic) bond motifs is 1. The second-order valence-electron chi connectivity index (χ2n) is 9.81. The Morgan fingerprint density at radius 3 is 2.46 bits per heavy atom. The molecule has 39 heavy (non-hydrogen) atoms. The number of ether oxygens (including phenoxy) is 3. The molecule has 206 valence electrons. The molecule has 1 saturated heterocycles.